The van der Waals surface area contributed by atoms with Crippen molar-refractivity contribution in [2.75, 3.05) is 19.7 Å². The van der Waals surface area contributed by atoms with E-state index in [2.05, 4.69) is 6.58 Å². The van der Waals surface area contributed by atoms with Gasteiger partial charge < -0.3 is 9.64 Å². The average Bonchev–Trinajstić information content (AvgIpc) is 2.47. The molecule has 1 aromatic rings. The lowest BCUT2D eigenvalue weighted by molar-refractivity contribution is -0.150. The summed E-state index contributed by atoms with van der Waals surface area (Å²) in [5.41, 5.74) is 0.199. The highest BCUT2D eigenvalue weighted by Crippen LogP contribution is 2.25. The number of carbonyl (C=O) groups excluding carboxylic acids is 2. The summed E-state index contributed by atoms with van der Waals surface area (Å²) in [6.07, 6.45) is 1.61. The normalized spacial score (nSPS) is 10.8. The molecular formula is C17H23NO3. The number of nitrogens with zero attached hydrogens (tertiary/aromatic N) is 1. The maximum absolute atomic E-state index is 12.8. The molecule has 4 nitrogen and oxygen atoms in total. The zero-order valence-corrected chi connectivity index (χ0v) is 13.0. The number of esters is 1. The molecule has 0 aliphatic heterocycles. The van der Waals surface area contributed by atoms with Gasteiger partial charge in [0.05, 0.1) is 12.0 Å². The van der Waals surface area contributed by atoms with Gasteiger partial charge in [-0.3, -0.25) is 9.59 Å². The van der Waals surface area contributed by atoms with Crippen LogP contribution in [0.15, 0.2) is 43.0 Å². The second-order valence-corrected chi connectivity index (χ2v) is 5.27. The molecule has 1 aromatic carbocycles. The van der Waals surface area contributed by atoms with Gasteiger partial charge in [0.2, 0.25) is 5.91 Å². The lowest BCUT2D eigenvalue weighted by atomic mass is 9.83. The van der Waals surface area contributed by atoms with Crippen LogP contribution in [0.1, 0.15) is 26.3 Å². The fourth-order valence-electron chi connectivity index (χ4n) is 2.11. The number of hydrogen-bond acceptors (Lipinski definition) is 3. The van der Waals surface area contributed by atoms with Crippen molar-refractivity contribution in [2.24, 2.45) is 0 Å². The fourth-order valence-corrected chi connectivity index (χ4v) is 2.11. The Kier molecular flexibility index (Phi) is 6.15. The molecule has 0 aliphatic carbocycles. The Hall–Kier alpha value is -2.10. The van der Waals surface area contributed by atoms with Crippen LogP contribution in [0.3, 0.4) is 0 Å². The average molecular weight is 289 g/mol. The predicted octanol–water partition coefficient (Wildman–Crippen LogP) is 2.54. The first-order chi connectivity index (χ1) is 9.93. The lowest BCUT2D eigenvalue weighted by Crippen LogP contribution is -2.46. The van der Waals surface area contributed by atoms with Gasteiger partial charge in [0.15, 0.2) is 0 Å². The maximum atomic E-state index is 12.8. The molecule has 0 fully saturated rings. The van der Waals surface area contributed by atoms with E-state index in [1.165, 1.54) is 4.90 Å². The van der Waals surface area contributed by atoms with E-state index >= 15 is 0 Å². The molecule has 21 heavy (non-hydrogen) atoms. The van der Waals surface area contributed by atoms with E-state index in [0.717, 1.165) is 5.56 Å². The Morgan fingerprint density at radius 2 is 1.90 bits per heavy atom. The molecule has 0 atom stereocenters. The molecule has 0 saturated heterocycles. The Balaban J connectivity index is 2.94. The van der Waals surface area contributed by atoms with Gasteiger partial charge >= 0.3 is 5.97 Å². The summed E-state index contributed by atoms with van der Waals surface area (Å²) >= 11 is 0. The van der Waals surface area contributed by atoms with E-state index < -0.39 is 11.4 Å². The van der Waals surface area contributed by atoms with Gasteiger partial charge in [0, 0.05) is 6.54 Å². The summed E-state index contributed by atoms with van der Waals surface area (Å²) in [6.45, 7) is 9.65. The Morgan fingerprint density at radius 3 is 2.43 bits per heavy atom. The molecule has 4 heteroatoms. The third-order valence-corrected chi connectivity index (χ3v) is 3.29. The van der Waals surface area contributed by atoms with Crippen LogP contribution < -0.4 is 0 Å². The van der Waals surface area contributed by atoms with Crippen molar-refractivity contribution in [1.82, 2.24) is 4.90 Å². The molecule has 0 saturated carbocycles. The van der Waals surface area contributed by atoms with Crippen molar-refractivity contribution in [3.8, 4) is 0 Å². The quantitative estimate of drug-likeness (QED) is 0.572. The predicted molar refractivity (Wildman–Crippen MR) is 82.9 cm³/mol. The third kappa shape index (κ3) is 4.45. The first kappa shape index (κ1) is 17.0. The summed E-state index contributed by atoms with van der Waals surface area (Å²) in [5, 5.41) is 0. The summed E-state index contributed by atoms with van der Waals surface area (Å²) in [4.78, 5) is 25.9. The zero-order chi connectivity index (χ0) is 15.9. The largest absolute Gasteiger partial charge is 0.465 e. The third-order valence-electron chi connectivity index (χ3n) is 3.29. The SMILES string of the molecule is C=CCN(CC(=O)OCC)C(=O)C(C)(C)c1ccccc1. The molecule has 0 unspecified atom stereocenters. The number of ether oxygens (including phenoxy) is 1. The minimum atomic E-state index is -0.712. The van der Waals surface area contributed by atoms with E-state index in [1.54, 1.807) is 13.0 Å². The van der Waals surface area contributed by atoms with Crippen molar-refractivity contribution in [3.05, 3.63) is 48.6 Å². The molecule has 0 N–H and O–H groups in total. The number of carbonyl (C=O) groups is 2. The van der Waals surface area contributed by atoms with Gasteiger partial charge in [-0.1, -0.05) is 36.4 Å². The van der Waals surface area contributed by atoms with Crippen LogP contribution in [-0.4, -0.2) is 36.5 Å². The maximum Gasteiger partial charge on any atom is 0.325 e. The van der Waals surface area contributed by atoms with Gasteiger partial charge in [-0.15, -0.1) is 6.58 Å². The fraction of sp³-hybridized carbons (Fsp3) is 0.412. The van der Waals surface area contributed by atoms with Crippen molar-refractivity contribution in [2.45, 2.75) is 26.2 Å². The monoisotopic (exact) mass is 289 g/mol. The molecule has 1 amide bonds. The van der Waals surface area contributed by atoms with Gasteiger partial charge in [0.25, 0.3) is 0 Å². The van der Waals surface area contributed by atoms with Crippen molar-refractivity contribution >= 4 is 11.9 Å². The summed E-state index contributed by atoms with van der Waals surface area (Å²) in [5.74, 6) is -0.529. The van der Waals surface area contributed by atoms with Gasteiger partial charge in [-0.05, 0) is 26.3 Å². The molecule has 0 heterocycles. The summed E-state index contributed by atoms with van der Waals surface area (Å²) < 4.78 is 4.92. The number of benzene rings is 1. The molecule has 0 bridgehead atoms. The Labute approximate surface area is 126 Å². The first-order valence-electron chi connectivity index (χ1n) is 7.04. The Bertz CT molecular complexity index is 494. The van der Waals surface area contributed by atoms with E-state index in [1.807, 2.05) is 44.2 Å². The molecule has 114 valence electrons. The van der Waals surface area contributed by atoms with E-state index in [9.17, 15) is 9.59 Å². The van der Waals surface area contributed by atoms with Crippen LogP contribution in [-0.2, 0) is 19.7 Å². The standard InChI is InChI=1S/C17H23NO3/c1-5-12-18(13-15(19)21-6-2)16(20)17(3,4)14-10-8-7-9-11-14/h5,7-11H,1,6,12-13H2,2-4H3. The van der Waals surface area contributed by atoms with Gasteiger partial charge in [0.1, 0.15) is 6.54 Å². The highest BCUT2D eigenvalue weighted by molar-refractivity contribution is 5.90. The smallest absolute Gasteiger partial charge is 0.325 e. The summed E-state index contributed by atoms with van der Waals surface area (Å²) in [7, 11) is 0. The van der Waals surface area contributed by atoms with Crippen LogP contribution in [0.4, 0.5) is 0 Å². The minimum absolute atomic E-state index is 0.0606. The van der Waals surface area contributed by atoms with Crippen LogP contribution in [0.2, 0.25) is 0 Å². The Morgan fingerprint density at radius 1 is 1.29 bits per heavy atom. The molecule has 0 aliphatic rings. The highest BCUT2D eigenvalue weighted by atomic mass is 16.5. The molecule has 0 aromatic heterocycles. The van der Waals surface area contributed by atoms with Gasteiger partial charge in [-0.2, -0.15) is 0 Å². The van der Waals surface area contributed by atoms with Crippen LogP contribution in [0, 0.1) is 0 Å². The summed E-state index contributed by atoms with van der Waals surface area (Å²) in [6, 6.07) is 9.52. The number of hydrogen-bond donors (Lipinski definition) is 0. The van der Waals surface area contributed by atoms with Crippen LogP contribution in [0.25, 0.3) is 0 Å². The highest BCUT2D eigenvalue weighted by Gasteiger charge is 2.34. The number of amides is 1. The molecular weight excluding hydrogens is 266 g/mol. The zero-order valence-electron chi connectivity index (χ0n) is 13.0. The van der Waals surface area contributed by atoms with Crippen LogP contribution >= 0.6 is 0 Å². The molecule has 0 radical (unpaired) electrons. The van der Waals surface area contributed by atoms with Crippen molar-refractivity contribution < 1.29 is 14.3 Å². The van der Waals surface area contributed by atoms with Crippen LogP contribution in [0.5, 0.6) is 0 Å². The van der Waals surface area contributed by atoms with E-state index in [4.69, 9.17) is 4.74 Å². The lowest BCUT2D eigenvalue weighted by Gasteiger charge is -2.31. The topological polar surface area (TPSA) is 46.6 Å². The second-order valence-electron chi connectivity index (χ2n) is 5.27. The van der Waals surface area contributed by atoms with E-state index in [0.29, 0.717) is 13.2 Å². The van der Waals surface area contributed by atoms with E-state index in [-0.39, 0.29) is 12.5 Å². The second kappa shape index (κ2) is 7.62. The van der Waals surface area contributed by atoms with Crippen molar-refractivity contribution in [1.29, 1.82) is 0 Å². The minimum Gasteiger partial charge on any atom is -0.465 e. The van der Waals surface area contributed by atoms with Gasteiger partial charge in [-0.25, -0.2) is 0 Å². The molecule has 1 rings (SSSR count). The number of rotatable bonds is 7. The molecule has 0 spiro atoms. The van der Waals surface area contributed by atoms with Crippen molar-refractivity contribution in [3.63, 3.8) is 0 Å². The first-order valence-corrected chi connectivity index (χ1v) is 7.04.